The van der Waals surface area contributed by atoms with Gasteiger partial charge in [-0.1, -0.05) is 18.6 Å². The molecule has 0 amide bonds. The van der Waals surface area contributed by atoms with Crippen LogP contribution in [0.3, 0.4) is 0 Å². The van der Waals surface area contributed by atoms with Crippen molar-refractivity contribution in [2.75, 3.05) is 13.1 Å². The molecule has 3 heteroatoms. The lowest BCUT2D eigenvalue weighted by Gasteiger charge is -2.32. The Morgan fingerprint density at radius 3 is 2.41 bits per heavy atom. The molecule has 2 nitrogen and oxygen atoms in total. The summed E-state index contributed by atoms with van der Waals surface area (Å²) in [7, 11) is 0. The molecule has 0 bridgehead atoms. The van der Waals surface area contributed by atoms with Gasteiger partial charge >= 0.3 is 0 Å². The number of ether oxygens (including phenoxy) is 1. The Balaban J connectivity index is 1.72. The number of likely N-dealkylation sites (tertiary alicyclic amines) is 1. The van der Waals surface area contributed by atoms with Crippen molar-refractivity contribution >= 4 is 0 Å². The van der Waals surface area contributed by atoms with Gasteiger partial charge in [0.15, 0.2) is 0 Å². The molecule has 0 aliphatic carbocycles. The van der Waals surface area contributed by atoms with Crippen molar-refractivity contribution in [1.29, 1.82) is 0 Å². The molecule has 1 aliphatic heterocycles. The fourth-order valence-electron chi connectivity index (χ4n) is 2.99. The van der Waals surface area contributed by atoms with E-state index in [1.807, 2.05) is 12.1 Å². The summed E-state index contributed by atoms with van der Waals surface area (Å²) in [5.41, 5.74) is 1.27. The zero-order chi connectivity index (χ0) is 15.4. The molecule has 1 heterocycles. The molecule has 0 aromatic heterocycles. The Labute approximate surface area is 131 Å². The van der Waals surface area contributed by atoms with E-state index in [2.05, 4.69) is 24.0 Å². The first-order chi connectivity index (χ1) is 10.7. The lowest BCUT2D eigenvalue weighted by Crippen LogP contribution is -2.32. The molecule has 116 valence electrons. The lowest BCUT2D eigenvalue weighted by molar-refractivity contribution is 0.174. The van der Waals surface area contributed by atoms with Gasteiger partial charge in [-0.25, -0.2) is 4.39 Å². The maximum Gasteiger partial charge on any atom is 0.127 e. The third kappa shape index (κ3) is 3.66. The third-order valence-corrected chi connectivity index (χ3v) is 4.33. The molecule has 1 unspecified atom stereocenters. The van der Waals surface area contributed by atoms with Gasteiger partial charge < -0.3 is 4.74 Å². The van der Waals surface area contributed by atoms with E-state index in [1.54, 1.807) is 12.1 Å². The van der Waals surface area contributed by atoms with Crippen LogP contribution < -0.4 is 4.74 Å². The van der Waals surface area contributed by atoms with Gasteiger partial charge in [0.1, 0.15) is 17.3 Å². The lowest BCUT2D eigenvalue weighted by atomic mass is 10.0. The standard InChI is InChI=1S/C19H22FNO/c1-15(21-12-3-2-4-13-21)16-6-5-7-19(14-16)22-18-10-8-17(20)9-11-18/h5-11,14-15H,2-4,12-13H2,1H3. The molecule has 0 saturated carbocycles. The molecular weight excluding hydrogens is 277 g/mol. The highest BCUT2D eigenvalue weighted by Crippen LogP contribution is 2.28. The maximum atomic E-state index is 12.9. The summed E-state index contributed by atoms with van der Waals surface area (Å²) in [4.78, 5) is 2.53. The topological polar surface area (TPSA) is 12.5 Å². The van der Waals surface area contributed by atoms with Crippen molar-refractivity contribution in [3.05, 3.63) is 59.9 Å². The van der Waals surface area contributed by atoms with Gasteiger partial charge in [0.2, 0.25) is 0 Å². The molecule has 2 aromatic rings. The normalized spacial score (nSPS) is 17.2. The van der Waals surface area contributed by atoms with Gasteiger partial charge in [-0.15, -0.1) is 0 Å². The second-order valence-corrected chi connectivity index (χ2v) is 5.90. The van der Waals surface area contributed by atoms with E-state index in [0.29, 0.717) is 11.8 Å². The second kappa shape index (κ2) is 6.93. The van der Waals surface area contributed by atoms with Crippen molar-refractivity contribution in [2.45, 2.75) is 32.2 Å². The highest BCUT2D eigenvalue weighted by Gasteiger charge is 2.18. The Hall–Kier alpha value is -1.87. The van der Waals surface area contributed by atoms with E-state index in [1.165, 1.54) is 50.0 Å². The van der Waals surface area contributed by atoms with Gasteiger partial charge in [-0.05, 0) is 74.8 Å². The van der Waals surface area contributed by atoms with Crippen molar-refractivity contribution in [1.82, 2.24) is 4.90 Å². The third-order valence-electron chi connectivity index (χ3n) is 4.33. The number of benzene rings is 2. The second-order valence-electron chi connectivity index (χ2n) is 5.90. The number of rotatable bonds is 4. The number of halogens is 1. The minimum absolute atomic E-state index is 0.250. The number of nitrogens with zero attached hydrogens (tertiary/aromatic N) is 1. The Morgan fingerprint density at radius 2 is 1.68 bits per heavy atom. The minimum atomic E-state index is -0.250. The highest BCUT2D eigenvalue weighted by molar-refractivity contribution is 5.35. The Kier molecular flexibility index (Phi) is 4.74. The van der Waals surface area contributed by atoms with Crippen molar-refractivity contribution in [2.24, 2.45) is 0 Å². The predicted octanol–water partition coefficient (Wildman–Crippen LogP) is 5.16. The molecule has 22 heavy (non-hydrogen) atoms. The minimum Gasteiger partial charge on any atom is -0.457 e. The first-order valence-electron chi connectivity index (χ1n) is 8.00. The number of hydrogen-bond acceptors (Lipinski definition) is 2. The zero-order valence-corrected chi connectivity index (χ0v) is 13.0. The van der Waals surface area contributed by atoms with Gasteiger partial charge in [-0.2, -0.15) is 0 Å². The number of hydrogen-bond donors (Lipinski definition) is 0. The molecular formula is C19H22FNO. The van der Waals surface area contributed by atoms with E-state index in [0.717, 1.165) is 5.75 Å². The van der Waals surface area contributed by atoms with Crippen LogP contribution in [0.4, 0.5) is 4.39 Å². The summed E-state index contributed by atoms with van der Waals surface area (Å²) >= 11 is 0. The van der Waals surface area contributed by atoms with E-state index in [9.17, 15) is 4.39 Å². The maximum absolute atomic E-state index is 12.9. The van der Waals surface area contributed by atoms with Crippen molar-refractivity contribution in [3.63, 3.8) is 0 Å². The largest absolute Gasteiger partial charge is 0.457 e. The fourth-order valence-corrected chi connectivity index (χ4v) is 2.99. The van der Waals surface area contributed by atoms with Crippen LogP contribution in [0.25, 0.3) is 0 Å². The molecule has 1 fully saturated rings. The molecule has 3 rings (SSSR count). The molecule has 0 spiro atoms. The van der Waals surface area contributed by atoms with Crippen molar-refractivity contribution < 1.29 is 9.13 Å². The number of piperidine rings is 1. The van der Waals surface area contributed by atoms with Crippen LogP contribution in [0.1, 0.15) is 37.8 Å². The van der Waals surface area contributed by atoms with E-state index < -0.39 is 0 Å². The summed E-state index contributed by atoms with van der Waals surface area (Å²) in [6.45, 7) is 4.59. The summed E-state index contributed by atoms with van der Waals surface area (Å²) in [6, 6.07) is 14.7. The average molecular weight is 299 g/mol. The fraction of sp³-hybridized carbons (Fsp3) is 0.368. The van der Waals surface area contributed by atoms with Crippen LogP contribution >= 0.6 is 0 Å². The van der Waals surface area contributed by atoms with Crippen LogP contribution in [-0.2, 0) is 0 Å². The van der Waals surface area contributed by atoms with Crippen molar-refractivity contribution in [3.8, 4) is 11.5 Å². The van der Waals surface area contributed by atoms with Gasteiger partial charge in [0.05, 0.1) is 0 Å². The quantitative estimate of drug-likeness (QED) is 0.772. The van der Waals surface area contributed by atoms with Gasteiger partial charge in [-0.3, -0.25) is 4.90 Å². The molecule has 0 radical (unpaired) electrons. The molecule has 1 saturated heterocycles. The molecule has 1 atom stereocenters. The Bertz CT molecular complexity index is 605. The van der Waals surface area contributed by atoms with E-state index in [-0.39, 0.29) is 5.82 Å². The summed E-state index contributed by atoms with van der Waals surface area (Å²) in [5, 5.41) is 0. The predicted molar refractivity (Wildman–Crippen MR) is 86.8 cm³/mol. The first-order valence-corrected chi connectivity index (χ1v) is 8.00. The van der Waals surface area contributed by atoms with E-state index in [4.69, 9.17) is 4.74 Å². The van der Waals surface area contributed by atoms with Gasteiger partial charge in [0, 0.05) is 6.04 Å². The van der Waals surface area contributed by atoms with Crippen LogP contribution in [0.5, 0.6) is 11.5 Å². The van der Waals surface area contributed by atoms with Gasteiger partial charge in [0.25, 0.3) is 0 Å². The van der Waals surface area contributed by atoms with Crippen LogP contribution in [0, 0.1) is 5.82 Å². The summed E-state index contributed by atoms with van der Waals surface area (Å²) < 4.78 is 18.8. The Morgan fingerprint density at radius 1 is 0.955 bits per heavy atom. The molecule has 0 N–H and O–H groups in total. The van der Waals surface area contributed by atoms with Crippen LogP contribution in [-0.4, -0.2) is 18.0 Å². The monoisotopic (exact) mass is 299 g/mol. The zero-order valence-electron chi connectivity index (χ0n) is 13.0. The summed E-state index contributed by atoms with van der Waals surface area (Å²) in [5.74, 6) is 1.21. The van der Waals surface area contributed by atoms with Crippen LogP contribution in [0.15, 0.2) is 48.5 Å². The molecule has 2 aromatic carbocycles. The smallest absolute Gasteiger partial charge is 0.127 e. The average Bonchev–Trinajstić information content (AvgIpc) is 2.57. The first kappa shape index (κ1) is 15.0. The SMILES string of the molecule is CC(c1cccc(Oc2ccc(F)cc2)c1)N1CCCCC1. The van der Waals surface area contributed by atoms with Crippen LogP contribution in [0.2, 0.25) is 0 Å². The van der Waals surface area contributed by atoms with E-state index >= 15 is 0 Å². The highest BCUT2D eigenvalue weighted by atomic mass is 19.1. The molecule has 1 aliphatic rings. The summed E-state index contributed by atoms with van der Waals surface area (Å²) in [6.07, 6.45) is 3.92.